The van der Waals surface area contributed by atoms with Crippen LogP contribution in [0, 0.1) is 0 Å². The van der Waals surface area contributed by atoms with Crippen LogP contribution < -0.4 is 29.2 Å². The van der Waals surface area contributed by atoms with Crippen molar-refractivity contribution in [3.63, 3.8) is 0 Å². The normalized spacial score (nSPS) is 15.0. The summed E-state index contributed by atoms with van der Waals surface area (Å²) in [6.45, 7) is 5.23. The van der Waals surface area contributed by atoms with E-state index >= 15 is 0 Å². The molecule has 2 heterocycles. The van der Waals surface area contributed by atoms with Gasteiger partial charge in [-0.1, -0.05) is 29.3 Å². The molecule has 0 saturated heterocycles. The molecule has 3 aromatic rings. The number of aromatic nitrogens is 2. The van der Waals surface area contributed by atoms with E-state index < -0.39 is 54.4 Å². The van der Waals surface area contributed by atoms with Gasteiger partial charge in [0.05, 0.1) is 63.1 Å². The van der Waals surface area contributed by atoms with Gasteiger partial charge < -0.3 is 23.7 Å². The van der Waals surface area contributed by atoms with Gasteiger partial charge >= 0.3 is 23.9 Å². The Morgan fingerprint density at radius 3 is 2.05 bits per heavy atom. The predicted octanol–water partition coefficient (Wildman–Crippen LogP) is 3.28. The minimum atomic E-state index is -4.63. The number of hydrogen-bond acceptors (Lipinski definition) is 17. The first kappa shape index (κ1) is 46.1. The molecule has 310 valence electrons. The number of amides is 2. The van der Waals surface area contributed by atoms with E-state index in [1.807, 2.05) is 0 Å². The number of nitrogens with zero attached hydrogens (tertiary/aromatic N) is 4. The van der Waals surface area contributed by atoms with Crippen LogP contribution in [0.25, 0.3) is 0 Å². The SMILES string of the molecule is CCOC(=O)C1=NN(c2ccc(Cl)cc2Cl)C(C)(C(=O)OCC)C1.COC(=O)c1ccc(CNS(C)(=O)=O)cc1S(=O)(=O)NC(=O)Nc1nc(OC)cc(OC)n1. The number of methoxy groups -OCH3 is 3. The van der Waals surface area contributed by atoms with Crippen molar-refractivity contribution in [2.75, 3.05) is 51.1 Å². The summed E-state index contributed by atoms with van der Waals surface area (Å²) >= 11 is 12.2. The van der Waals surface area contributed by atoms with Gasteiger partial charge in [0.15, 0.2) is 5.54 Å². The Kier molecular flexibility index (Phi) is 15.9. The van der Waals surface area contributed by atoms with E-state index in [0.717, 1.165) is 25.5 Å². The molecule has 57 heavy (non-hydrogen) atoms. The van der Waals surface area contributed by atoms with Crippen LogP contribution >= 0.6 is 23.2 Å². The number of sulfonamides is 2. The van der Waals surface area contributed by atoms with Crippen molar-refractivity contribution in [2.24, 2.45) is 5.10 Å². The second kappa shape index (κ2) is 19.7. The number of halogens is 2. The second-order valence-electron chi connectivity index (χ2n) is 11.6. The minimum Gasteiger partial charge on any atom is -0.481 e. The fourth-order valence-corrected chi connectivity index (χ4v) is 6.85. The predicted molar refractivity (Wildman–Crippen MR) is 207 cm³/mol. The topological polar surface area (TPSA) is 260 Å². The Hall–Kier alpha value is -5.29. The third kappa shape index (κ3) is 12.3. The van der Waals surface area contributed by atoms with E-state index in [-0.39, 0.29) is 60.7 Å². The van der Waals surface area contributed by atoms with Gasteiger partial charge in [-0.25, -0.2) is 50.5 Å². The lowest BCUT2D eigenvalue weighted by atomic mass is 9.95. The third-order valence-corrected chi connectivity index (χ3v) is 9.97. The molecule has 2 aromatic carbocycles. The first-order valence-electron chi connectivity index (χ1n) is 16.4. The molecule has 1 aliphatic heterocycles. The second-order valence-corrected chi connectivity index (χ2v) is 15.9. The number of carbonyl (C=O) groups is 4. The van der Waals surface area contributed by atoms with Gasteiger partial charge in [-0.3, -0.25) is 5.32 Å². The van der Waals surface area contributed by atoms with Crippen molar-refractivity contribution in [2.45, 2.75) is 44.2 Å². The third-order valence-electron chi connectivity index (χ3n) is 7.39. The molecule has 1 atom stereocenters. The van der Waals surface area contributed by atoms with E-state index in [1.165, 1.54) is 31.4 Å². The Balaban J connectivity index is 0.000000321. The van der Waals surface area contributed by atoms with Gasteiger partial charge in [0.2, 0.25) is 27.7 Å². The van der Waals surface area contributed by atoms with Crippen molar-refractivity contribution in [1.82, 2.24) is 19.4 Å². The highest BCUT2D eigenvalue weighted by atomic mass is 35.5. The van der Waals surface area contributed by atoms with Crippen LogP contribution in [-0.2, 0) is 50.4 Å². The largest absolute Gasteiger partial charge is 0.481 e. The van der Waals surface area contributed by atoms with E-state index in [2.05, 4.69) is 29.8 Å². The van der Waals surface area contributed by atoms with E-state index in [0.29, 0.717) is 15.7 Å². The highest BCUT2D eigenvalue weighted by Gasteiger charge is 2.49. The summed E-state index contributed by atoms with van der Waals surface area (Å²) in [7, 11) is -4.53. The quantitative estimate of drug-likeness (QED) is 0.155. The molecule has 3 N–H and O–H groups in total. The summed E-state index contributed by atoms with van der Waals surface area (Å²) in [6, 6.07) is 8.39. The van der Waals surface area contributed by atoms with Gasteiger partial charge in [0.25, 0.3) is 10.0 Å². The first-order chi connectivity index (χ1) is 26.7. The van der Waals surface area contributed by atoms with Gasteiger partial charge in [-0.15, -0.1) is 0 Å². The molecule has 0 saturated carbocycles. The zero-order chi connectivity index (χ0) is 42.7. The van der Waals surface area contributed by atoms with Crippen molar-refractivity contribution < 1.29 is 59.7 Å². The average molecular weight is 877 g/mol. The monoisotopic (exact) mass is 875 g/mol. The summed E-state index contributed by atoms with van der Waals surface area (Å²) in [5.41, 5.74) is -0.778. The van der Waals surface area contributed by atoms with Crippen LogP contribution in [0.1, 0.15) is 43.1 Å². The Bertz CT molecular complexity index is 2240. The first-order valence-corrected chi connectivity index (χ1v) is 20.5. The van der Waals surface area contributed by atoms with Crippen molar-refractivity contribution in [3.8, 4) is 11.8 Å². The molecule has 0 spiro atoms. The molecular formula is C33H39Cl2N7O13S2. The number of carbonyl (C=O) groups excluding carboxylic acids is 4. The molecule has 0 radical (unpaired) electrons. The Morgan fingerprint density at radius 1 is 0.877 bits per heavy atom. The van der Waals surface area contributed by atoms with E-state index in [1.54, 1.807) is 43.7 Å². The summed E-state index contributed by atoms with van der Waals surface area (Å²) in [6.07, 6.45) is 0.985. The summed E-state index contributed by atoms with van der Waals surface area (Å²) < 4.78 is 76.9. The molecular weight excluding hydrogens is 837 g/mol. The number of urea groups is 1. The number of rotatable bonds is 14. The Morgan fingerprint density at radius 2 is 1.51 bits per heavy atom. The molecule has 4 rings (SSSR count). The smallest absolute Gasteiger partial charge is 0.354 e. The zero-order valence-electron chi connectivity index (χ0n) is 31.5. The van der Waals surface area contributed by atoms with Crippen LogP contribution in [0.2, 0.25) is 10.0 Å². The number of ether oxygens (including phenoxy) is 5. The number of nitrogens with one attached hydrogen (secondary N) is 3. The summed E-state index contributed by atoms with van der Waals surface area (Å²) in [5.74, 6) is -2.30. The number of hydrogen-bond donors (Lipinski definition) is 3. The van der Waals surface area contributed by atoms with Crippen molar-refractivity contribution in [3.05, 3.63) is 63.6 Å². The van der Waals surface area contributed by atoms with Gasteiger partial charge in [0, 0.05) is 18.0 Å². The fraction of sp³-hybridized carbons (Fsp3) is 0.364. The molecule has 20 nitrogen and oxygen atoms in total. The molecule has 1 unspecified atom stereocenters. The fourth-order valence-electron chi connectivity index (χ4n) is 4.78. The molecule has 0 bridgehead atoms. The molecule has 2 amide bonds. The van der Waals surface area contributed by atoms with Crippen LogP contribution in [0.3, 0.4) is 0 Å². The molecule has 24 heteroatoms. The summed E-state index contributed by atoms with van der Waals surface area (Å²) in [5, 5.41) is 8.56. The maximum atomic E-state index is 12.9. The van der Waals surface area contributed by atoms with Crippen LogP contribution in [0.5, 0.6) is 11.8 Å². The average Bonchev–Trinajstić information content (AvgIpc) is 3.51. The van der Waals surface area contributed by atoms with Crippen molar-refractivity contribution in [1.29, 1.82) is 0 Å². The molecule has 1 aliphatic rings. The van der Waals surface area contributed by atoms with Crippen LogP contribution in [-0.4, -0.2) is 103 Å². The highest BCUT2D eigenvalue weighted by molar-refractivity contribution is 7.90. The van der Waals surface area contributed by atoms with Gasteiger partial charge in [-0.05, 0) is 56.7 Å². The molecule has 0 aliphatic carbocycles. The van der Waals surface area contributed by atoms with E-state index in [4.69, 9.17) is 42.1 Å². The highest BCUT2D eigenvalue weighted by Crippen LogP contribution is 2.39. The maximum absolute atomic E-state index is 12.9. The number of anilines is 2. The zero-order valence-corrected chi connectivity index (χ0v) is 34.7. The van der Waals surface area contributed by atoms with Gasteiger partial charge in [-0.2, -0.15) is 15.1 Å². The lowest BCUT2D eigenvalue weighted by Crippen LogP contribution is -2.48. The minimum absolute atomic E-state index is 0.0408. The van der Waals surface area contributed by atoms with E-state index in [9.17, 15) is 36.0 Å². The van der Waals surface area contributed by atoms with Crippen LogP contribution in [0.15, 0.2) is 52.5 Å². The molecule has 1 aromatic heterocycles. The van der Waals surface area contributed by atoms with Crippen LogP contribution in [0.4, 0.5) is 16.4 Å². The lowest BCUT2D eigenvalue weighted by Gasteiger charge is -2.32. The maximum Gasteiger partial charge on any atom is 0.354 e. The van der Waals surface area contributed by atoms with Gasteiger partial charge in [0.1, 0.15) is 10.6 Å². The van der Waals surface area contributed by atoms with Crippen molar-refractivity contribution >= 4 is 84.5 Å². The Labute approximate surface area is 338 Å². The summed E-state index contributed by atoms with van der Waals surface area (Å²) in [4.78, 5) is 56.0. The number of hydrazone groups is 1. The lowest BCUT2D eigenvalue weighted by molar-refractivity contribution is -0.148. The number of esters is 3. The molecule has 0 fully saturated rings. The number of benzene rings is 2. The standard InChI is InChI=1S/C17H21N5O9S2.C16H18Cl2N2O4/c1-29-13-8-14(30-2)20-16(19-13)21-17(24)22-33(27,28)12-7-10(9-18-32(4,25)26)5-6-11(12)15(23)31-3;1-4-23-14(21)12-9-16(3,15(22)24-5-2)20(19-12)13-7-6-10(17)8-11(13)18/h5-8,18H,9H2,1-4H3,(H2,19,20,21,22,24);6-8H,4-5,9H2,1-3H3.